The average Bonchev–Trinajstić information content (AvgIpc) is 2.19. The Labute approximate surface area is 102 Å². The van der Waals surface area contributed by atoms with Gasteiger partial charge in [-0.15, -0.1) is 0 Å². The molecular weight excluding hydrogens is 216 g/mol. The Morgan fingerprint density at radius 2 is 1.94 bits per heavy atom. The Bertz CT molecular complexity index is 403. The Morgan fingerprint density at radius 1 is 1.29 bits per heavy atom. The van der Waals surface area contributed by atoms with Gasteiger partial charge in [0, 0.05) is 12.2 Å². The van der Waals surface area contributed by atoms with Gasteiger partial charge < -0.3 is 22.1 Å². The van der Waals surface area contributed by atoms with Crippen molar-refractivity contribution < 1.29 is 4.79 Å². The van der Waals surface area contributed by atoms with E-state index in [4.69, 9.17) is 17.2 Å². The first kappa shape index (κ1) is 13.2. The average molecular weight is 236 g/mol. The maximum absolute atomic E-state index is 11.0. The van der Waals surface area contributed by atoms with Crippen LogP contribution in [0.2, 0.25) is 0 Å². The molecule has 0 aromatic heterocycles. The van der Waals surface area contributed by atoms with Crippen LogP contribution in [0.5, 0.6) is 0 Å². The fourth-order valence-corrected chi connectivity index (χ4v) is 1.65. The number of carbonyl (C=O) groups excluding carboxylic acids is 1. The molecule has 1 amide bonds. The summed E-state index contributed by atoms with van der Waals surface area (Å²) in [5, 5.41) is 0. The molecule has 1 aromatic carbocycles. The van der Waals surface area contributed by atoms with E-state index in [1.54, 1.807) is 12.1 Å². The highest BCUT2D eigenvalue weighted by atomic mass is 16.1. The molecule has 0 fully saturated rings. The lowest BCUT2D eigenvalue weighted by Gasteiger charge is -2.25. The number of hydrogen-bond acceptors (Lipinski definition) is 4. The molecule has 1 rings (SSSR count). The van der Waals surface area contributed by atoms with Crippen LogP contribution in [0.3, 0.4) is 0 Å². The minimum atomic E-state index is -0.360. The van der Waals surface area contributed by atoms with E-state index in [0.29, 0.717) is 17.3 Å². The van der Waals surface area contributed by atoms with Crippen LogP contribution >= 0.6 is 0 Å². The standard InChI is InChI=1S/C12H20N4O/c1-8(2)6-16(7-12(15)17)9-3-4-10(13)11(14)5-9/h3-5,8H,6-7,13-14H2,1-2H3,(H2,15,17). The van der Waals surface area contributed by atoms with Gasteiger partial charge in [0.15, 0.2) is 0 Å². The first-order chi connectivity index (χ1) is 7.90. The number of benzene rings is 1. The molecule has 94 valence electrons. The van der Waals surface area contributed by atoms with Gasteiger partial charge in [0.25, 0.3) is 0 Å². The first-order valence-electron chi connectivity index (χ1n) is 5.58. The minimum Gasteiger partial charge on any atom is -0.397 e. The van der Waals surface area contributed by atoms with Crippen LogP contribution in [0.4, 0.5) is 17.1 Å². The van der Waals surface area contributed by atoms with Crippen LogP contribution in [-0.4, -0.2) is 19.0 Å². The number of carbonyl (C=O) groups is 1. The molecule has 0 radical (unpaired) electrons. The van der Waals surface area contributed by atoms with Gasteiger partial charge >= 0.3 is 0 Å². The highest BCUT2D eigenvalue weighted by Crippen LogP contribution is 2.23. The lowest BCUT2D eigenvalue weighted by molar-refractivity contribution is -0.116. The normalized spacial score (nSPS) is 10.5. The van der Waals surface area contributed by atoms with Gasteiger partial charge in [-0.2, -0.15) is 0 Å². The van der Waals surface area contributed by atoms with Crippen molar-refractivity contribution in [1.29, 1.82) is 0 Å². The summed E-state index contributed by atoms with van der Waals surface area (Å²) < 4.78 is 0. The summed E-state index contributed by atoms with van der Waals surface area (Å²) in [5.74, 6) is 0.0640. The lowest BCUT2D eigenvalue weighted by atomic mass is 10.1. The summed E-state index contributed by atoms with van der Waals surface area (Å²) in [6.07, 6.45) is 0. The van der Waals surface area contributed by atoms with E-state index in [2.05, 4.69) is 13.8 Å². The highest BCUT2D eigenvalue weighted by molar-refractivity contribution is 5.80. The monoisotopic (exact) mass is 236 g/mol. The Kier molecular flexibility index (Phi) is 4.20. The van der Waals surface area contributed by atoms with Gasteiger partial charge in [0.2, 0.25) is 5.91 Å². The van der Waals surface area contributed by atoms with Crippen molar-refractivity contribution in [2.75, 3.05) is 29.5 Å². The van der Waals surface area contributed by atoms with Crippen molar-refractivity contribution >= 4 is 23.0 Å². The molecule has 0 aliphatic rings. The molecule has 5 nitrogen and oxygen atoms in total. The summed E-state index contributed by atoms with van der Waals surface area (Å²) in [4.78, 5) is 12.9. The maximum Gasteiger partial charge on any atom is 0.236 e. The van der Waals surface area contributed by atoms with E-state index < -0.39 is 0 Å². The third-order valence-corrected chi connectivity index (χ3v) is 2.37. The number of hydrogen-bond donors (Lipinski definition) is 3. The number of anilines is 3. The number of nitrogens with two attached hydrogens (primary N) is 3. The van der Waals surface area contributed by atoms with E-state index in [1.807, 2.05) is 11.0 Å². The Hall–Kier alpha value is -1.91. The van der Waals surface area contributed by atoms with E-state index >= 15 is 0 Å². The highest BCUT2D eigenvalue weighted by Gasteiger charge is 2.12. The number of amides is 1. The largest absolute Gasteiger partial charge is 0.397 e. The van der Waals surface area contributed by atoms with Crippen molar-refractivity contribution in [3.8, 4) is 0 Å². The van der Waals surface area contributed by atoms with Crippen molar-refractivity contribution in [2.24, 2.45) is 11.7 Å². The molecule has 0 aliphatic heterocycles. The van der Waals surface area contributed by atoms with Crippen LogP contribution in [0.1, 0.15) is 13.8 Å². The smallest absolute Gasteiger partial charge is 0.236 e. The molecule has 0 unspecified atom stereocenters. The molecule has 6 N–H and O–H groups in total. The summed E-state index contributed by atoms with van der Waals surface area (Å²) in [7, 11) is 0. The molecule has 5 heteroatoms. The van der Waals surface area contributed by atoms with E-state index in [-0.39, 0.29) is 12.5 Å². The number of rotatable bonds is 5. The molecule has 1 aromatic rings. The molecule has 0 saturated carbocycles. The molecule has 0 spiro atoms. The topological polar surface area (TPSA) is 98.4 Å². The predicted octanol–water partition coefficient (Wildman–Crippen LogP) is 0.799. The zero-order valence-electron chi connectivity index (χ0n) is 10.3. The lowest BCUT2D eigenvalue weighted by Crippen LogP contribution is -2.36. The Balaban J connectivity index is 2.94. The van der Waals surface area contributed by atoms with Gasteiger partial charge in [-0.1, -0.05) is 13.8 Å². The SMILES string of the molecule is CC(C)CN(CC(N)=O)c1ccc(N)c(N)c1. The fraction of sp³-hybridized carbons (Fsp3) is 0.417. The zero-order chi connectivity index (χ0) is 13.0. The van der Waals surface area contributed by atoms with Crippen molar-refractivity contribution in [1.82, 2.24) is 0 Å². The summed E-state index contributed by atoms with van der Waals surface area (Å²) in [6.45, 7) is 5.08. The maximum atomic E-state index is 11.0. The second-order valence-corrected chi connectivity index (χ2v) is 4.55. The van der Waals surface area contributed by atoms with Crippen LogP contribution in [0, 0.1) is 5.92 Å². The second-order valence-electron chi connectivity index (χ2n) is 4.55. The number of nitrogens with zero attached hydrogens (tertiary/aromatic N) is 1. The van der Waals surface area contributed by atoms with Gasteiger partial charge in [-0.3, -0.25) is 4.79 Å². The molecule has 0 atom stereocenters. The van der Waals surface area contributed by atoms with Crippen molar-refractivity contribution in [2.45, 2.75) is 13.8 Å². The second kappa shape index (κ2) is 5.43. The summed E-state index contributed by atoms with van der Waals surface area (Å²) in [6, 6.07) is 5.34. The van der Waals surface area contributed by atoms with Gasteiger partial charge in [0.1, 0.15) is 0 Å². The van der Waals surface area contributed by atoms with Gasteiger partial charge in [0.05, 0.1) is 17.9 Å². The first-order valence-corrected chi connectivity index (χ1v) is 5.58. The molecule has 0 bridgehead atoms. The minimum absolute atomic E-state index is 0.182. The zero-order valence-corrected chi connectivity index (χ0v) is 10.3. The van der Waals surface area contributed by atoms with Gasteiger partial charge in [-0.25, -0.2) is 0 Å². The van der Waals surface area contributed by atoms with Crippen molar-refractivity contribution in [3.05, 3.63) is 18.2 Å². The molecular formula is C12H20N4O. The number of nitrogen functional groups attached to an aromatic ring is 2. The van der Waals surface area contributed by atoms with E-state index in [0.717, 1.165) is 12.2 Å². The van der Waals surface area contributed by atoms with E-state index in [1.165, 1.54) is 0 Å². The fourth-order valence-electron chi connectivity index (χ4n) is 1.65. The summed E-state index contributed by atoms with van der Waals surface area (Å²) >= 11 is 0. The third kappa shape index (κ3) is 3.86. The molecule has 0 aliphatic carbocycles. The predicted molar refractivity (Wildman–Crippen MR) is 71.5 cm³/mol. The number of primary amides is 1. The van der Waals surface area contributed by atoms with Crippen LogP contribution in [0.25, 0.3) is 0 Å². The quantitative estimate of drug-likeness (QED) is 0.658. The van der Waals surface area contributed by atoms with Crippen LogP contribution < -0.4 is 22.1 Å². The molecule has 0 heterocycles. The Morgan fingerprint density at radius 3 is 2.41 bits per heavy atom. The van der Waals surface area contributed by atoms with E-state index in [9.17, 15) is 4.79 Å². The molecule has 17 heavy (non-hydrogen) atoms. The van der Waals surface area contributed by atoms with Crippen LogP contribution in [-0.2, 0) is 4.79 Å². The summed E-state index contributed by atoms with van der Waals surface area (Å²) in [5.41, 5.74) is 18.6. The van der Waals surface area contributed by atoms with Gasteiger partial charge in [-0.05, 0) is 24.1 Å². The third-order valence-electron chi connectivity index (χ3n) is 2.37. The van der Waals surface area contributed by atoms with Crippen molar-refractivity contribution in [3.63, 3.8) is 0 Å². The molecule has 0 saturated heterocycles. The van der Waals surface area contributed by atoms with Crippen LogP contribution in [0.15, 0.2) is 18.2 Å².